The quantitative estimate of drug-likeness (QED) is 0.668. The number of hydrogen-bond donors (Lipinski definition) is 2. The summed E-state index contributed by atoms with van der Waals surface area (Å²) in [6.45, 7) is 6.02. The highest BCUT2D eigenvalue weighted by Gasteiger charge is 2.24. The highest BCUT2D eigenvalue weighted by atomic mass is 35.5. The summed E-state index contributed by atoms with van der Waals surface area (Å²) in [6.07, 6.45) is 1.30. The van der Waals surface area contributed by atoms with Gasteiger partial charge in [0, 0.05) is 12.2 Å². The number of benzene rings is 1. The summed E-state index contributed by atoms with van der Waals surface area (Å²) in [5.74, 6) is -1.67. The summed E-state index contributed by atoms with van der Waals surface area (Å²) in [6, 6.07) is 6.49. The van der Waals surface area contributed by atoms with Gasteiger partial charge >= 0.3 is 5.97 Å². The van der Waals surface area contributed by atoms with Gasteiger partial charge in [-0.2, -0.15) is 0 Å². The van der Waals surface area contributed by atoms with Crippen molar-refractivity contribution >= 4 is 35.1 Å². The number of carbonyl (C=O) groups is 3. The molecule has 0 atom stereocenters. The lowest BCUT2D eigenvalue weighted by Crippen LogP contribution is -2.29. The Morgan fingerprint density at radius 3 is 2.45 bits per heavy atom. The van der Waals surface area contributed by atoms with Crippen molar-refractivity contribution in [3.8, 4) is 0 Å². The minimum absolute atomic E-state index is 0.0237. The lowest BCUT2D eigenvalue weighted by atomic mass is 10.0. The maximum atomic E-state index is 13.0. The van der Waals surface area contributed by atoms with Crippen LogP contribution in [0.4, 0.5) is 5.69 Å². The molecule has 0 saturated carbocycles. The number of amides is 2. The van der Waals surface area contributed by atoms with E-state index in [1.165, 1.54) is 13.2 Å². The first-order chi connectivity index (χ1) is 13.8. The number of pyridine rings is 1. The van der Waals surface area contributed by atoms with Crippen molar-refractivity contribution in [1.82, 2.24) is 10.3 Å². The molecule has 29 heavy (non-hydrogen) atoms. The first kappa shape index (κ1) is 22.4. The van der Waals surface area contributed by atoms with Crippen LogP contribution in [-0.4, -0.2) is 36.4 Å². The monoisotopic (exact) mass is 417 g/mol. The Hall–Kier alpha value is -2.93. The fraction of sp³-hybridized carbons (Fsp3) is 0.333. The third-order valence-electron chi connectivity index (χ3n) is 4.28. The van der Waals surface area contributed by atoms with E-state index in [1.807, 2.05) is 13.8 Å². The van der Waals surface area contributed by atoms with Crippen molar-refractivity contribution in [3.63, 3.8) is 0 Å². The Balaban J connectivity index is 2.50. The Bertz CT molecular complexity index is 944. The van der Waals surface area contributed by atoms with Gasteiger partial charge in [0.15, 0.2) is 0 Å². The summed E-state index contributed by atoms with van der Waals surface area (Å²) >= 11 is 6.19. The smallest absolute Gasteiger partial charge is 0.341 e. The molecule has 0 bridgehead atoms. The van der Waals surface area contributed by atoms with E-state index in [9.17, 15) is 14.4 Å². The standard InChI is InChI=1S/C21H24ClN3O4/c1-5-11-23-20(27)18-14(9-7-12(3)24-18)19(26)25-17-13(6-2)8-10-15(22)16(17)21(28)29-4/h7-10H,5-6,11H2,1-4H3,(H,23,27)(H,25,26). The zero-order valence-electron chi connectivity index (χ0n) is 16.9. The highest BCUT2D eigenvalue weighted by molar-refractivity contribution is 6.34. The molecular weight excluding hydrogens is 394 g/mol. The van der Waals surface area contributed by atoms with Crippen molar-refractivity contribution in [2.45, 2.75) is 33.6 Å². The first-order valence-corrected chi connectivity index (χ1v) is 9.68. The molecule has 2 N–H and O–H groups in total. The van der Waals surface area contributed by atoms with E-state index < -0.39 is 17.8 Å². The number of aryl methyl sites for hydroxylation is 2. The van der Waals surface area contributed by atoms with Gasteiger partial charge in [0.1, 0.15) is 11.3 Å². The molecule has 2 rings (SSSR count). The molecule has 0 radical (unpaired) electrons. The molecule has 1 aromatic carbocycles. The molecule has 1 heterocycles. The molecule has 0 aliphatic rings. The van der Waals surface area contributed by atoms with Crippen molar-refractivity contribution in [2.75, 3.05) is 19.0 Å². The highest BCUT2D eigenvalue weighted by Crippen LogP contribution is 2.30. The third-order valence-corrected chi connectivity index (χ3v) is 4.59. The van der Waals surface area contributed by atoms with Crippen molar-refractivity contribution < 1.29 is 19.1 Å². The van der Waals surface area contributed by atoms with Crippen LogP contribution in [0.1, 0.15) is 62.7 Å². The van der Waals surface area contributed by atoms with Gasteiger partial charge in [-0.25, -0.2) is 9.78 Å². The summed E-state index contributed by atoms with van der Waals surface area (Å²) in [5, 5.41) is 5.62. The molecule has 0 fully saturated rings. The van der Waals surface area contributed by atoms with Crippen LogP contribution in [0.25, 0.3) is 0 Å². The molecule has 2 aromatic rings. The molecule has 2 amide bonds. The van der Waals surface area contributed by atoms with Gasteiger partial charge in [0.2, 0.25) is 0 Å². The van der Waals surface area contributed by atoms with Gasteiger partial charge in [-0.15, -0.1) is 0 Å². The van der Waals surface area contributed by atoms with E-state index in [1.54, 1.807) is 25.1 Å². The first-order valence-electron chi connectivity index (χ1n) is 9.30. The van der Waals surface area contributed by atoms with Crippen LogP contribution in [0.15, 0.2) is 24.3 Å². The van der Waals surface area contributed by atoms with Crippen LogP contribution in [0.5, 0.6) is 0 Å². The maximum absolute atomic E-state index is 13.0. The van der Waals surface area contributed by atoms with E-state index in [2.05, 4.69) is 15.6 Å². The number of aromatic nitrogens is 1. The Labute approximate surface area is 174 Å². The fourth-order valence-corrected chi connectivity index (χ4v) is 3.01. The lowest BCUT2D eigenvalue weighted by Gasteiger charge is -2.16. The van der Waals surface area contributed by atoms with Gasteiger partial charge in [-0.1, -0.05) is 31.5 Å². The number of carbonyl (C=O) groups excluding carboxylic acids is 3. The minimum atomic E-state index is -0.663. The number of halogens is 1. The molecule has 154 valence electrons. The van der Waals surface area contributed by atoms with Crippen LogP contribution in [0.2, 0.25) is 5.02 Å². The molecule has 0 spiro atoms. The van der Waals surface area contributed by atoms with E-state index in [0.29, 0.717) is 24.2 Å². The van der Waals surface area contributed by atoms with E-state index >= 15 is 0 Å². The van der Waals surface area contributed by atoms with Crippen LogP contribution in [-0.2, 0) is 11.2 Å². The van der Waals surface area contributed by atoms with Crippen LogP contribution < -0.4 is 10.6 Å². The van der Waals surface area contributed by atoms with Crippen molar-refractivity contribution in [3.05, 3.63) is 57.4 Å². The largest absolute Gasteiger partial charge is 0.465 e. The third kappa shape index (κ3) is 5.12. The summed E-state index contributed by atoms with van der Waals surface area (Å²) in [7, 11) is 1.24. The molecule has 8 heteroatoms. The van der Waals surface area contributed by atoms with Gasteiger partial charge in [-0.05, 0) is 43.5 Å². The Morgan fingerprint density at radius 1 is 1.10 bits per heavy atom. The van der Waals surface area contributed by atoms with E-state index in [4.69, 9.17) is 16.3 Å². The second-order valence-corrected chi connectivity index (χ2v) is 6.77. The molecule has 0 aliphatic carbocycles. The van der Waals surface area contributed by atoms with Gasteiger partial charge in [0.05, 0.1) is 23.4 Å². The number of nitrogens with zero attached hydrogens (tertiary/aromatic N) is 1. The topological polar surface area (TPSA) is 97.4 Å². The Kier molecular flexibility index (Phi) is 7.73. The maximum Gasteiger partial charge on any atom is 0.341 e. The van der Waals surface area contributed by atoms with Crippen molar-refractivity contribution in [1.29, 1.82) is 0 Å². The molecule has 0 saturated heterocycles. The zero-order valence-corrected chi connectivity index (χ0v) is 17.6. The van der Waals surface area contributed by atoms with Gasteiger partial charge in [0.25, 0.3) is 11.8 Å². The zero-order chi connectivity index (χ0) is 21.6. The van der Waals surface area contributed by atoms with Crippen LogP contribution in [0.3, 0.4) is 0 Å². The summed E-state index contributed by atoms with van der Waals surface area (Å²) in [4.78, 5) is 42.0. The van der Waals surface area contributed by atoms with Crippen LogP contribution in [0, 0.1) is 6.92 Å². The number of methoxy groups -OCH3 is 1. The second-order valence-electron chi connectivity index (χ2n) is 6.36. The van der Waals surface area contributed by atoms with Crippen LogP contribution >= 0.6 is 11.6 Å². The average molecular weight is 418 g/mol. The fourth-order valence-electron chi connectivity index (χ4n) is 2.78. The number of rotatable bonds is 7. The average Bonchev–Trinajstić information content (AvgIpc) is 2.71. The summed E-state index contributed by atoms with van der Waals surface area (Å²) in [5.41, 5.74) is 1.77. The van der Waals surface area contributed by atoms with Gasteiger partial charge in [-0.3, -0.25) is 9.59 Å². The SMILES string of the molecule is CCCNC(=O)c1nc(C)ccc1C(=O)Nc1c(CC)ccc(Cl)c1C(=O)OC. The number of esters is 1. The van der Waals surface area contributed by atoms with E-state index in [0.717, 1.165) is 6.42 Å². The molecule has 0 aliphatic heterocycles. The number of anilines is 1. The molecule has 7 nitrogen and oxygen atoms in total. The summed E-state index contributed by atoms with van der Waals surface area (Å²) < 4.78 is 4.82. The Morgan fingerprint density at radius 2 is 1.83 bits per heavy atom. The lowest BCUT2D eigenvalue weighted by molar-refractivity contribution is 0.0602. The predicted octanol–water partition coefficient (Wildman–Crippen LogP) is 3.78. The molecule has 0 unspecified atom stereocenters. The number of nitrogens with one attached hydrogen (secondary N) is 2. The molecular formula is C21H24ClN3O4. The predicted molar refractivity (Wildman–Crippen MR) is 112 cm³/mol. The second kappa shape index (κ2) is 10.0. The van der Waals surface area contributed by atoms with Crippen molar-refractivity contribution in [2.24, 2.45) is 0 Å². The molecule has 1 aromatic heterocycles. The number of ether oxygens (including phenoxy) is 1. The number of hydrogen-bond acceptors (Lipinski definition) is 5. The van der Waals surface area contributed by atoms with E-state index in [-0.39, 0.29) is 27.5 Å². The van der Waals surface area contributed by atoms with Gasteiger partial charge < -0.3 is 15.4 Å². The normalized spacial score (nSPS) is 10.4. The minimum Gasteiger partial charge on any atom is -0.465 e.